The van der Waals surface area contributed by atoms with Crippen molar-refractivity contribution >= 4 is 11.7 Å². The summed E-state index contributed by atoms with van der Waals surface area (Å²) in [5, 5.41) is 13.2. The minimum Gasteiger partial charge on any atom is -0.545 e. The van der Waals surface area contributed by atoms with E-state index in [2.05, 4.69) is 5.32 Å². The molecule has 0 aliphatic heterocycles. The fourth-order valence-electron chi connectivity index (χ4n) is 0.802. The van der Waals surface area contributed by atoms with Gasteiger partial charge in [-0.3, -0.25) is 0 Å². The van der Waals surface area contributed by atoms with Gasteiger partial charge in [0.2, 0.25) is 0 Å². The molecule has 0 fully saturated rings. The molecule has 0 unspecified atom stereocenters. The SMILES string of the molecule is CNc1cccc(C(=O)[O-])c1.[Na+]. The average molecular weight is 173 g/mol. The van der Waals surface area contributed by atoms with Gasteiger partial charge < -0.3 is 15.2 Å². The van der Waals surface area contributed by atoms with Crippen molar-refractivity contribution in [3.05, 3.63) is 29.8 Å². The number of carboxylic acid groups (broad SMARTS) is 1. The van der Waals surface area contributed by atoms with Crippen molar-refractivity contribution in [1.82, 2.24) is 0 Å². The number of hydrogen-bond donors (Lipinski definition) is 1. The van der Waals surface area contributed by atoms with Gasteiger partial charge in [-0.2, -0.15) is 0 Å². The van der Waals surface area contributed by atoms with Crippen molar-refractivity contribution in [2.24, 2.45) is 0 Å². The van der Waals surface area contributed by atoms with Crippen LogP contribution < -0.4 is 40.0 Å². The van der Waals surface area contributed by atoms with Crippen molar-refractivity contribution in [3.8, 4) is 0 Å². The van der Waals surface area contributed by atoms with E-state index in [4.69, 9.17) is 0 Å². The summed E-state index contributed by atoms with van der Waals surface area (Å²) >= 11 is 0. The molecule has 0 saturated heterocycles. The van der Waals surface area contributed by atoms with Gasteiger partial charge in [-0.05, 0) is 17.7 Å². The van der Waals surface area contributed by atoms with E-state index in [1.807, 2.05) is 0 Å². The predicted octanol–water partition coefficient (Wildman–Crippen LogP) is -2.90. The summed E-state index contributed by atoms with van der Waals surface area (Å²) in [5.41, 5.74) is 0.962. The molecular formula is C8H8NNaO2. The number of nitrogens with one attached hydrogen (secondary N) is 1. The summed E-state index contributed by atoms with van der Waals surface area (Å²) < 4.78 is 0. The van der Waals surface area contributed by atoms with Crippen molar-refractivity contribution in [2.75, 3.05) is 12.4 Å². The molecule has 1 rings (SSSR count). The summed E-state index contributed by atoms with van der Waals surface area (Å²) in [4.78, 5) is 10.3. The third-order valence-electron chi connectivity index (χ3n) is 1.39. The van der Waals surface area contributed by atoms with E-state index in [1.165, 1.54) is 12.1 Å². The summed E-state index contributed by atoms with van der Waals surface area (Å²) in [6.45, 7) is 0. The average Bonchev–Trinajstić information content (AvgIpc) is 2.05. The Morgan fingerprint density at radius 2 is 2.17 bits per heavy atom. The van der Waals surface area contributed by atoms with E-state index in [9.17, 15) is 9.90 Å². The van der Waals surface area contributed by atoms with Gasteiger partial charge >= 0.3 is 29.6 Å². The molecule has 0 aliphatic rings. The zero-order chi connectivity index (χ0) is 8.27. The van der Waals surface area contributed by atoms with E-state index in [1.54, 1.807) is 19.2 Å². The molecule has 1 aromatic carbocycles. The number of hydrogen-bond acceptors (Lipinski definition) is 3. The van der Waals surface area contributed by atoms with Crippen LogP contribution in [0.2, 0.25) is 0 Å². The molecule has 1 aromatic rings. The number of benzene rings is 1. The zero-order valence-electron chi connectivity index (χ0n) is 7.13. The van der Waals surface area contributed by atoms with E-state index in [0.29, 0.717) is 0 Å². The van der Waals surface area contributed by atoms with Gasteiger partial charge in [0, 0.05) is 12.7 Å². The Morgan fingerprint density at radius 3 is 2.67 bits per heavy atom. The Labute approximate surface area is 93.1 Å². The third kappa shape index (κ3) is 2.85. The van der Waals surface area contributed by atoms with Crippen LogP contribution in [0.15, 0.2) is 24.3 Å². The molecule has 12 heavy (non-hydrogen) atoms. The Morgan fingerprint density at radius 1 is 1.50 bits per heavy atom. The molecule has 0 aliphatic carbocycles. The smallest absolute Gasteiger partial charge is 0.545 e. The molecule has 0 saturated carbocycles. The van der Waals surface area contributed by atoms with Gasteiger partial charge in [0.1, 0.15) is 0 Å². The summed E-state index contributed by atoms with van der Waals surface area (Å²) in [5.74, 6) is -1.15. The first kappa shape index (κ1) is 11.5. The van der Waals surface area contributed by atoms with Gasteiger partial charge in [-0.1, -0.05) is 12.1 Å². The number of aromatic carboxylic acids is 1. The van der Waals surface area contributed by atoms with Gasteiger partial charge in [0.15, 0.2) is 0 Å². The molecule has 58 valence electrons. The van der Waals surface area contributed by atoms with E-state index < -0.39 is 5.97 Å². The van der Waals surface area contributed by atoms with Crippen LogP contribution >= 0.6 is 0 Å². The second kappa shape index (κ2) is 5.19. The Kier molecular flexibility index (Phi) is 4.97. The molecule has 0 bridgehead atoms. The fraction of sp³-hybridized carbons (Fsp3) is 0.125. The number of carboxylic acids is 1. The fourth-order valence-corrected chi connectivity index (χ4v) is 0.802. The van der Waals surface area contributed by atoms with Crippen molar-refractivity contribution < 1.29 is 39.5 Å². The molecule has 0 heterocycles. The maximum atomic E-state index is 10.3. The molecule has 0 spiro atoms. The number of carbonyl (C=O) groups is 1. The molecule has 0 aromatic heterocycles. The zero-order valence-corrected chi connectivity index (χ0v) is 9.13. The van der Waals surface area contributed by atoms with Crippen LogP contribution in [0.4, 0.5) is 5.69 Å². The Bertz CT molecular complexity index is 276. The second-order valence-electron chi connectivity index (χ2n) is 2.12. The molecule has 0 amide bonds. The third-order valence-corrected chi connectivity index (χ3v) is 1.39. The minimum atomic E-state index is -1.15. The molecule has 3 nitrogen and oxygen atoms in total. The van der Waals surface area contributed by atoms with Crippen molar-refractivity contribution in [2.45, 2.75) is 0 Å². The van der Waals surface area contributed by atoms with E-state index in [-0.39, 0.29) is 35.1 Å². The maximum absolute atomic E-state index is 10.3. The molecule has 4 heteroatoms. The normalized spacial score (nSPS) is 8.42. The van der Waals surface area contributed by atoms with Crippen LogP contribution in [0.25, 0.3) is 0 Å². The standard InChI is InChI=1S/C8H9NO2.Na/c1-9-7-4-2-3-6(5-7)8(10)11;/h2-5,9H,1H3,(H,10,11);/q;+1/p-1. The first-order valence-corrected chi connectivity index (χ1v) is 3.23. The predicted molar refractivity (Wildman–Crippen MR) is 40.3 cm³/mol. The Balaban J connectivity index is 0.00000121. The van der Waals surface area contributed by atoms with Crippen molar-refractivity contribution in [1.29, 1.82) is 0 Å². The van der Waals surface area contributed by atoms with Crippen LogP contribution in [0.5, 0.6) is 0 Å². The van der Waals surface area contributed by atoms with Crippen LogP contribution in [-0.2, 0) is 0 Å². The minimum absolute atomic E-state index is 0. The van der Waals surface area contributed by atoms with Gasteiger partial charge in [-0.25, -0.2) is 0 Å². The quantitative estimate of drug-likeness (QED) is 0.488. The molecule has 0 radical (unpaired) electrons. The maximum Gasteiger partial charge on any atom is 1.00 e. The van der Waals surface area contributed by atoms with Crippen LogP contribution in [-0.4, -0.2) is 13.0 Å². The topological polar surface area (TPSA) is 52.2 Å². The summed E-state index contributed by atoms with van der Waals surface area (Å²) in [6.07, 6.45) is 0. The van der Waals surface area contributed by atoms with Gasteiger partial charge in [0.05, 0.1) is 5.97 Å². The monoisotopic (exact) mass is 173 g/mol. The number of rotatable bonds is 2. The second-order valence-corrected chi connectivity index (χ2v) is 2.12. The summed E-state index contributed by atoms with van der Waals surface area (Å²) in [7, 11) is 1.73. The van der Waals surface area contributed by atoms with E-state index in [0.717, 1.165) is 5.69 Å². The van der Waals surface area contributed by atoms with Crippen molar-refractivity contribution in [3.63, 3.8) is 0 Å². The van der Waals surface area contributed by atoms with Crippen LogP contribution in [0.1, 0.15) is 10.4 Å². The first-order valence-electron chi connectivity index (χ1n) is 3.23. The molecular weight excluding hydrogens is 165 g/mol. The van der Waals surface area contributed by atoms with Crippen LogP contribution in [0.3, 0.4) is 0 Å². The summed E-state index contributed by atoms with van der Waals surface area (Å²) in [6, 6.07) is 6.47. The largest absolute Gasteiger partial charge is 1.00 e. The number of carbonyl (C=O) groups excluding carboxylic acids is 1. The van der Waals surface area contributed by atoms with E-state index >= 15 is 0 Å². The number of anilines is 1. The van der Waals surface area contributed by atoms with Gasteiger partial charge in [0.25, 0.3) is 0 Å². The Hall–Kier alpha value is -0.510. The van der Waals surface area contributed by atoms with Crippen LogP contribution in [0, 0.1) is 0 Å². The molecule has 0 atom stereocenters. The van der Waals surface area contributed by atoms with Gasteiger partial charge in [-0.15, -0.1) is 0 Å². The first-order chi connectivity index (χ1) is 5.24. The molecule has 1 N–H and O–H groups in total.